The van der Waals surface area contributed by atoms with E-state index in [4.69, 9.17) is 25.2 Å². The number of fused-ring (bicyclic) bond motifs is 2. The smallest absolute Gasteiger partial charge is 0.257 e. The number of hydrogen-bond acceptors (Lipinski definition) is 6. The zero-order chi connectivity index (χ0) is 22.1. The van der Waals surface area contributed by atoms with E-state index in [1.54, 1.807) is 24.9 Å². The summed E-state index contributed by atoms with van der Waals surface area (Å²) in [6, 6.07) is 12.9. The fourth-order valence-corrected chi connectivity index (χ4v) is 3.45. The van der Waals surface area contributed by atoms with Gasteiger partial charge in [-0.15, -0.1) is 0 Å². The number of para-hydroxylation sites is 2. The number of rotatable bonds is 6. The Balaban J connectivity index is 2.02. The van der Waals surface area contributed by atoms with Crippen molar-refractivity contribution in [1.82, 2.24) is 19.9 Å². The normalized spacial score (nSPS) is 11.3. The summed E-state index contributed by atoms with van der Waals surface area (Å²) in [5.74, 6) is 1.45. The van der Waals surface area contributed by atoms with Crippen LogP contribution in [0.5, 0.6) is 11.5 Å². The maximum absolute atomic E-state index is 13.1. The second-order valence-electron chi connectivity index (χ2n) is 7.65. The third-order valence-corrected chi connectivity index (χ3v) is 4.99. The Kier molecular flexibility index (Phi) is 5.37. The van der Waals surface area contributed by atoms with Crippen molar-refractivity contribution in [3.8, 4) is 17.2 Å². The molecule has 0 fully saturated rings. The lowest BCUT2D eigenvalue weighted by atomic mass is 10.2. The van der Waals surface area contributed by atoms with Crippen LogP contribution in [0, 0.1) is 5.92 Å². The van der Waals surface area contributed by atoms with Crippen LogP contribution in [0.3, 0.4) is 0 Å². The fraction of sp³-hybridized carbons (Fsp3) is 0.261. The van der Waals surface area contributed by atoms with Crippen molar-refractivity contribution in [3.63, 3.8) is 0 Å². The van der Waals surface area contributed by atoms with Gasteiger partial charge < -0.3 is 20.5 Å². The van der Waals surface area contributed by atoms with Crippen molar-refractivity contribution >= 4 is 33.9 Å². The van der Waals surface area contributed by atoms with Crippen molar-refractivity contribution in [2.24, 2.45) is 5.92 Å². The van der Waals surface area contributed by atoms with Crippen molar-refractivity contribution in [2.45, 2.75) is 13.8 Å². The molecule has 0 aliphatic rings. The second-order valence-corrected chi connectivity index (χ2v) is 7.65. The number of amides is 1. The molecule has 0 saturated heterocycles. The Labute approximate surface area is 180 Å². The average molecular weight is 419 g/mol. The molecule has 160 valence electrons. The van der Waals surface area contributed by atoms with Crippen molar-refractivity contribution < 1.29 is 14.3 Å². The number of anilines is 1. The lowest BCUT2D eigenvalue weighted by molar-refractivity contribution is 0.0951. The SMILES string of the molecule is COc1cc(OC)cc(-n2c(N)c(C(=O)NCC(C)C)c3nc4ccccc4nc32)c1. The van der Waals surface area contributed by atoms with E-state index < -0.39 is 0 Å². The Morgan fingerprint density at radius 3 is 2.26 bits per heavy atom. The van der Waals surface area contributed by atoms with Crippen LogP contribution in [0.25, 0.3) is 27.9 Å². The first kappa shape index (κ1) is 20.5. The van der Waals surface area contributed by atoms with Crippen LogP contribution in [-0.2, 0) is 0 Å². The number of aromatic nitrogens is 3. The molecule has 1 amide bonds. The monoisotopic (exact) mass is 419 g/mol. The second kappa shape index (κ2) is 8.14. The van der Waals surface area contributed by atoms with Gasteiger partial charge in [-0.3, -0.25) is 9.36 Å². The molecule has 0 unspecified atom stereocenters. The number of carbonyl (C=O) groups is 1. The first-order chi connectivity index (χ1) is 14.9. The van der Waals surface area contributed by atoms with E-state index in [2.05, 4.69) is 5.32 Å². The standard InChI is InChI=1S/C23H25N5O3/c1-13(2)12-25-23(29)19-20-22(27-18-8-6-5-7-17(18)26-20)28(21(19)24)14-9-15(30-3)11-16(10-14)31-4/h5-11,13H,12,24H2,1-4H3,(H,25,29). The highest BCUT2D eigenvalue weighted by atomic mass is 16.5. The maximum Gasteiger partial charge on any atom is 0.257 e. The maximum atomic E-state index is 13.1. The van der Waals surface area contributed by atoms with Crippen LogP contribution < -0.4 is 20.5 Å². The van der Waals surface area contributed by atoms with Crippen molar-refractivity contribution in [2.75, 3.05) is 26.5 Å². The molecule has 2 heterocycles. The molecule has 3 N–H and O–H groups in total. The highest BCUT2D eigenvalue weighted by molar-refractivity contribution is 6.11. The minimum absolute atomic E-state index is 0.252. The van der Waals surface area contributed by atoms with E-state index in [-0.39, 0.29) is 11.7 Å². The van der Waals surface area contributed by atoms with Gasteiger partial charge in [0.05, 0.1) is 30.9 Å². The van der Waals surface area contributed by atoms with Gasteiger partial charge in [-0.25, -0.2) is 9.97 Å². The van der Waals surface area contributed by atoms with Gasteiger partial charge in [-0.2, -0.15) is 0 Å². The number of nitrogens with two attached hydrogens (primary N) is 1. The van der Waals surface area contributed by atoms with E-state index in [0.717, 1.165) is 0 Å². The molecule has 0 aliphatic carbocycles. The zero-order valence-electron chi connectivity index (χ0n) is 18.0. The molecule has 0 atom stereocenters. The quantitative estimate of drug-likeness (QED) is 0.495. The Morgan fingerprint density at radius 1 is 1.06 bits per heavy atom. The third kappa shape index (κ3) is 3.72. The Morgan fingerprint density at radius 2 is 1.68 bits per heavy atom. The summed E-state index contributed by atoms with van der Waals surface area (Å²) in [5, 5.41) is 2.94. The number of ether oxygens (including phenoxy) is 2. The van der Waals surface area contributed by atoms with Gasteiger partial charge in [0.25, 0.3) is 5.91 Å². The molecule has 8 heteroatoms. The van der Waals surface area contributed by atoms with E-state index in [0.29, 0.717) is 57.4 Å². The molecule has 0 spiro atoms. The molecular weight excluding hydrogens is 394 g/mol. The van der Waals surface area contributed by atoms with Crippen LogP contribution >= 0.6 is 0 Å². The van der Waals surface area contributed by atoms with Gasteiger partial charge in [0, 0.05) is 24.7 Å². The highest BCUT2D eigenvalue weighted by Crippen LogP contribution is 2.34. The summed E-state index contributed by atoms with van der Waals surface area (Å²) in [6.45, 7) is 4.59. The number of methoxy groups -OCH3 is 2. The summed E-state index contributed by atoms with van der Waals surface area (Å²) in [7, 11) is 3.15. The number of nitrogens with one attached hydrogen (secondary N) is 1. The average Bonchev–Trinajstić information content (AvgIpc) is 3.06. The zero-order valence-corrected chi connectivity index (χ0v) is 18.0. The predicted octanol–water partition coefficient (Wildman–Crippen LogP) is 3.56. The topological polar surface area (TPSA) is 104 Å². The fourth-order valence-electron chi connectivity index (χ4n) is 3.45. The molecule has 4 rings (SSSR count). The summed E-state index contributed by atoms with van der Waals surface area (Å²) in [4.78, 5) is 22.6. The van der Waals surface area contributed by atoms with E-state index >= 15 is 0 Å². The molecule has 0 saturated carbocycles. The van der Waals surface area contributed by atoms with Gasteiger partial charge in [-0.05, 0) is 18.1 Å². The van der Waals surface area contributed by atoms with Crippen LogP contribution in [-0.4, -0.2) is 41.2 Å². The first-order valence-electron chi connectivity index (χ1n) is 10.0. The third-order valence-electron chi connectivity index (χ3n) is 4.99. The van der Waals surface area contributed by atoms with E-state index in [1.807, 2.05) is 50.2 Å². The number of nitrogens with zero attached hydrogens (tertiary/aromatic N) is 3. The van der Waals surface area contributed by atoms with Crippen LogP contribution in [0.15, 0.2) is 42.5 Å². The van der Waals surface area contributed by atoms with Gasteiger partial charge in [0.2, 0.25) is 0 Å². The number of benzene rings is 2. The molecule has 31 heavy (non-hydrogen) atoms. The van der Waals surface area contributed by atoms with Crippen LogP contribution in [0.2, 0.25) is 0 Å². The lowest BCUT2D eigenvalue weighted by Crippen LogP contribution is -2.28. The van der Waals surface area contributed by atoms with Gasteiger partial charge in [0.15, 0.2) is 5.65 Å². The Bertz CT molecular complexity index is 1260. The molecule has 0 radical (unpaired) electrons. The van der Waals surface area contributed by atoms with Crippen molar-refractivity contribution in [1.29, 1.82) is 0 Å². The summed E-state index contributed by atoms with van der Waals surface area (Å²) < 4.78 is 12.5. The number of hydrogen-bond donors (Lipinski definition) is 2. The van der Waals surface area contributed by atoms with Gasteiger partial charge in [-0.1, -0.05) is 26.0 Å². The Hall–Kier alpha value is -3.81. The molecule has 2 aromatic carbocycles. The molecule has 0 aliphatic heterocycles. The summed E-state index contributed by atoms with van der Waals surface area (Å²) in [6.07, 6.45) is 0. The predicted molar refractivity (Wildman–Crippen MR) is 121 cm³/mol. The molecular formula is C23H25N5O3. The van der Waals surface area contributed by atoms with Gasteiger partial charge in [0.1, 0.15) is 28.4 Å². The summed E-state index contributed by atoms with van der Waals surface area (Å²) in [5.41, 5.74) is 9.83. The highest BCUT2D eigenvalue weighted by Gasteiger charge is 2.25. The number of carbonyl (C=O) groups excluding carboxylic acids is 1. The first-order valence-corrected chi connectivity index (χ1v) is 10.0. The van der Waals surface area contributed by atoms with Crippen LogP contribution in [0.4, 0.5) is 5.82 Å². The molecule has 0 bridgehead atoms. The molecule has 8 nitrogen and oxygen atoms in total. The van der Waals surface area contributed by atoms with E-state index in [9.17, 15) is 4.79 Å². The minimum atomic E-state index is -0.283. The lowest BCUT2D eigenvalue weighted by Gasteiger charge is -2.12. The summed E-state index contributed by atoms with van der Waals surface area (Å²) >= 11 is 0. The van der Waals surface area contributed by atoms with Crippen molar-refractivity contribution in [3.05, 3.63) is 48.0 Å². The number of nitrogen functional groups attached to an aromatic ring is 1. The minimum Gasteiger partial charge on any atom is -0.497 e. The van der Waals surface area contributed by atoms with Gasteiger partial charge >= 0.3 is 0 Å². The molecule has 4 aromatic rings. The molecule has 2 aromatic heterocycles. The largest absolute Gasteiger partial charge is 0.497 e. The van der Waals surface area contributed by atoms with E-state index in [1.165, 1.54) is 0 Å². The van der Waals surface area contributed by atoms with Crippen LogP contribution in [0.1, 0.15) is 24.2 Å².